The van der Waals surface area contributed by atoms with E-state index in [0.29, 0.717) is 0 Å². The molecule has 14 heteroatoms. The topological polar surface area (TPSA) is 149 Å². The van der Waals surface area contributed by atoms with Crippen LogP contribution in [0.3, 0.4) is 0 Å². The molecule has 0 atom stereocenters. The van der Waals surface area contributed by atoms with Crippen molar-refractivity contribution >= 4 is 9.19 Å². The summed E-state index contributed by atoms with van der Waals surface area (Å²) in [5.74, 6) is 0. The fraction of sp³-hybridized carbons (Fsp3) is 0. The van der Waals surface area contributed by atoms with E-state index < -0.39 is 10.2 Å². The predicted molar refractivity (Wildman–Crippen MR) is 27.3 cm³/mol. The van der Waals surface area contributed by atoms with Gasteiger partial charge in [-0.15, -0.1) is 0 Å². The Balaban J connectivity index is -0.0000000153. The van der Waals surface area contributed by atoms with Crippen molar-refractivity contribution in [3.05, 3.63) is 30.6 Å². The SMILES string of the molecule is O=[N+]([O-])[O-].O=[N+]([O-])[O-].[Ag+].[Ag+].[Cl][Ag].[O]=[Ag]. The van der Waals surface area contributed by atoms with Crippen molar-refractivity contribution in [2.75, 3.05) is 0 Å². The second kappa shape index (κ2) is 47.1. The molecule has 0 aliphatic heterocycles. The van der Waals surface area contributed by atoms with Crippen molar-refractivity contribution in [1.82, 2.24) is 0 Å². The third-order valence-electron chi connectivity index (χ3n) is 0. The van der Waals surface area contributed by atoms with Crippen LogP contribution in [0.2, 0.25) is 0 Å². The van der Waals surface area contributed by atoms with Crippen LogP contribution in [-0.4, -0.2) is 10.2 Å². The molecule has 9 nitrogen and oxygen atoms in total. The van der Waals surface area contributed by atoms with Gasteiger partial charge in [-0.2, -0.15) is 0 Å². The van der Waals surface area contributed by atoms with Gasteiger partial charge in [-0.05, 0) is 0 Å². The van der Waals surface area contributed by atoms with Crippen LogP contribution in [0, 0.1) is 30.6 Å². The Kier molecular flexibility index (Phi) is 122. The Morgan fingerprint density at radius 3 is 0.786 bits per heavy atom. The number of hydrogen-bond acceptors (Lipinski definition) is 7. The van der Waals surface area contributed by atoms with Crippen molar-refractivity contribution in [1.29, 1.82) is 0 Å². The first-order valence-electron chi connectivity index (χ1n) is 1.33. The summed E-state index contributed by atoms with van der Waals surface area (Å²) >= 11 is 4.12. The summed E-state index contributed by atoms with van der Waals surface area (Å²) < 4.78 is 8.06. The standard InChI is InChI=1S/4Ag.ClH.2NO3.O/c;;;;;2*2-1(3)4;/h;;;;1H;;;/q;3*+1;;2*-1;/p-1. The van der Waals surface area contributed by atoms with Gasteiger partial charge in [0.25, 0.3) is 0 Å². The van der Waals surface area contributed by atoms with Gasteiger partial charge in [0.05, 0.1) is 10.2 Å². The third kappa shape index (κ3) is 990. The Morgan fingerprint density at radius 2 is 0.786 bits per heavy atom. The Hall–Kier alpha value is 1.45. The molecular formula is Ag4ClN2O7. The molecule has 0 amide bonds. The fourth-order valence-corrected chi connectivity index (χ4v) is 0. The molecule has 14 heavy (non-hydrogen) atoms. The molecule has 0 unspecified atom stereocenters. The third-order valence-corrected chi connectivity index (χ3v) is 0. The van der Waals surface area contributed by atoms with Gasteiger partial charge in [-0.1, -0.05) is 0 Å². The average molecular weight is 607 g/mol. The maximum atomic E-state index is 8.25. The first-order chi connectivity index (χ1) is 5.46. The van der Waals surface area contributed by atoms with E-state index in [2.05, 4.69) is 29.2 Å². The van der Waals surface area contributed by atoms with E-state index in [1.807, 2.05) is 0 Å². The molecule has 103 valence electrons. The van der Waals surface area contributed by atoms with Crippen LogP contribution < -0.4 is 0 Å². The summed E-state index contributed by atoms with van der Waals surface area (Å²) in [4.78, 5) is 16.5. The Morgan fingerprint density at radius 1 is 0.786 bits per heavy atom. The minimum atomic E-state index is -1.75. The molecule has 0 aliphatic rings. The van der Waals surface area contributed by atoms with Gasteiger partial charge in [0.2, 0.25) is 0 Å². The Labute approximate surface area is 137 Å². The molecule has 0 aliphatic carbocycles. The normalized spacial score (nSPS) is 4.36. The summed E-state index contributed by atoms with van der Waals surface area (Å²) in [6, 6.07) is 0. The number of halogens is 1. The van der Waals surface area contributed by atoms with Gasteiger partial charge in [0.15, 0.2) is 0 Å². The van der Waals surface area contributed by atoms with Crippen LogP contribution in [0.5, 0.6) is 0 Å². The second-order valence-corrected chi connectivity index (χ2v) is 0.447. The quantitative estimate of drug-likeness (QED) is 0.215. The van der Waals surface area contributed by atoms with Gasteiger partial charge in [-0.25, -0.2) is 0 Å². The van der Waals surface area contributed by atoms with Crippen LogP contribution in [0.25, 0.3) is 0 Å². The molecule has 0 aromatic rings. The van der Waals surface area contributed by atoms with Crippen LogP contribution in [0.1, 0.15) is 0 Å². The molecule has 0 rings (SSSR count). The zero-order valence-corrected chi connectivity index (χ0v) is 12.0. The average Bonchev–Trinajstić information content (AvgIpc) is 1.93. The molecule has 0 fully saturated rings. The van der Waals surface area contributed by atoms with Crippen molar-refractivity contribution < 1.29 is 99.2 Å². The number of hydrogen-bond donors (Lipinski definition) is 0. The van der Waals surface area contributed by atoms with Gasteiger partial charge >= 0.3 is 98.2 Å². The van der Waals surface area contributed by atoms with E-state index >= 15 is 0 Å². The van der Waals surface area contributed by atoms with Crippen molar-refractivity contribution in [3.8, 4) is 0 Å². The summed E-state index contributed by atoms with van der Waals surface area (Å²) in [6.07, 6.45) is 0. The molecule has 0 spiro atoms. The number of rotatable bonds is 0. The zero-order chi connectivity index (χ0) is 11.2. The minimum absolute atomic E-state index is 0. The summed E-state index contributed by atoms with van der Waals surface area (Å²) in [7, 11) is 4.45. The Bertz CT molecular complexity index is 91.9. The molecule has 0 saturated carbocycles. The second-order valence-electron chi connectivity index (χ2n) is 0.447. The van der Waals surface area contributed by atoms with Crippen LogP contribution >= 0.6 is 9.19 Å². The summed E-state index contributed by atoms with van der Waals surface area (Å²) in [5, 5.41) is 29.5. The van der Waals surface area contributed by atoms with E-state index in [-0.39, 0.29) is 44.8 Å². The number of nitrogens with zero attached hydrogens (tertiary/aromatic N) is 2. The predicted octanol–water partition coefficient (Wildman–Crippen LogP) is 0.0825. The van der Waals surface area contributed by atoms with E-state index in [1.165, 1.54) is 0 Å². The molecule has 0 bridgehead atoms. The molecule has 0 N–H and O–H groups in total. The van der Waals surface area contributed by atoms with Crippen molar-refractivity contribution in [3.63, 3.8) is 0 Å². The van der Waals surface area contributed by atoms with Gasteiger partial charge in [0.1, 0.15) is 0 Å². The monoisotopic (exact) mass is 603 g/mol. The van der Waals surface area contributed by atoms with E-state index in [9.17, 15) is 0 Å². The van der Waals surface area contributed by atoms with E-state index in [4.69, 9.17) is 33.9 Å². The summed E-state index contributed by atoms with van der Waals surface area (Å²) in [5.41, 5.74) is 0. The fourth-order valence-electron chi connectivity index (χ4n) is 0. The van der Waals surface area contributed by atoms with Crippen molar-refractivity contribution in [2.24, 2.45) is 0 Å². The van der Waals surface area contributed by atoms with E-state index in [1.54, 1.807) is 21.0 Å². The van der Waals surface area contributed by atoms with Crippen molar-refractivity contribution in [2.45, 2.75) is 0 Å². The maximum absolute atomic E-state index is 8.25. The van der Waals surface area contributed by atoms with Crippen LogP contribution in [-0.2, 0) is 89.0 Å². The van der Waals surface area contributed by atoms with Gasteiger partial charge in [-0.3, -0.25) is 0 Å². The van der Waals surface area contributed by atoms with Gasteiger partial charge in [0, 0.05) is 0 Å². The van der Waals surface area contributed by atoms with Gasteiger partial charge < -0.3 is 30.6 Å². The molecule has 0 aromatic heterocycles. The molecular weight excluding hydrogens is 607 g/mol. The van der Waals surface area contributed by atoms with E-state index in [0.717, 1.165) is 0 Å². The molecule has 0 radical (unpaired) electrons. The first-order valence-corrected chi connectivity index (χ1v) is 3.85. The zero-order valence-electron chi connectivity index (χ0n) is 5.34. The molecule has 0 saturated heterocycles. The van der Waals surface area contributed by atoms with Crippen LogP contribution in [0.15, 0.2) is 0 Å². The first kappa shape index (κ1) is 36.1. The van der Waals surface area contributed by atoms with Crippen LogP contribution in [0.4, 0.5) is 0 Å². The summed E-state index contributed by atoms with van der Waals surface area (Å²) in [6.45, 7) is 0. The molecule has 0 aromatic carbocycles. The molecule has 0 heterocycles.